The van der Waals surface area contributed by atoms with E-state index in [0.717, 1.165) is 30.2 Å². The van der Waals surface area contributed by atoms with Crippen LogP contribution < -0.4 is 10.2 Å². The molecule has 0 radical (unpaired) electrons. The number of carbonyl (C=O) groups excluding carboxylic acids is 1. The maximum atomic E-state index is 12.3. The first-order valence-corrected chi connectivity index (χ1v) is 8.39. The van der Waals surface area contributed by atoms with Gasteiger partial charge in [0.2, 0.25) is 0 Å². The predicted octanol–water partition coefficient (Wildman–Crippen LogP) is 3.86. The molecule has 24 heavy (non-hydrogen) atoms. The van der Waals surface area contributed by atoms with Crippen molar-refractivity contribution < 1.29 is 9.53 Å². The minimum absolute atomic E-state index is 0.0872. The Balaban J connectivity index is 1.70. The van der Waals surface area contributed by atoms with Crippen LogP contribution in [0.15, 0.2) is 48.5 Å². The SMILES string of the molecule is Cc1ccc(C(=O)Nc2ccc(N3C(C)COCC3C)cc2)cc1. The molecule has 1 saturated heterocycles. The van der Waals surface area contributed by atoms with E-state index in [1.807, 2.05) is 43.3 Å². The zero-order chi connectivity index (χ0) is 17.1. The Labute approximate surface area is 143 Å². The van der Waals surface area contributed by atoms with Gasteiger partial charge in [0.1, 0.15) is 0 Å². The minimum Gasteiger partial charge on any atom is -0.377 e. The summed E-state index contributed by atoms with van der Waals surface area (Å²) in [7, 11) is 0. The van der Waals surface area contributed by atoms with Gasteiger partial charge < -0.3 is 15.0 Å². The van der Waals surface area contributed by atoms with E-state index in [-0.39, 0.29) is 5.91 Å². The van der Waals surface area contributed by atoms with Gasteiger partial charge in [-0.1, -0.05) is 17.7 Å². The number of aryl methyl sites for hydroxylation is 1. The summed E-state index contributed by atoms with van der Waals surface area (Å²) in [6, 6.07) is 16.3. The lowest BCUT2D eigenvalue weighted by Crippen LogP contribution is -2.49. The number of anilines is 2. The zero-order valence-corrected chi connectivity index (χ0v) is 14.5. The van der Waals surface area contributed by atoms with E-state index in [9.17, 15) is 4.79 Å². The summed E-state index contributed by atoms with van der Waals surface area (Å²) >= 11 is 0. The third kappa shape index (κ3) is 3.60. The van der Waals surface area contributed by atoms with Crippen LogP contribution in [0.25, 0.3) is 0 Å². The van der Waals surface area contributed by atoms with Crippen LogP contribution in [0.4, 0.5) is 11.4 Å². The highest BCUT2D eigenvalue weighted by atomic mass is 16.5. The molecule has 0 spiro atoms. The van der Waals surface area contributed by atoms with E-state index < -0.39 is 0 Å². The second kappa shape index (κ2) is 7.05. The molecule has 2 atom stereocenters. The summed E-state index contributed by atoms with van der Waals surface area (Å²) < 4.78 is 5.58. The average Bonchev–Trinajstić information content (AvgIpc) is 2.57. The summed E-state index contributed by atoms with van der Waals surface area (Å²) in [5, 5.41) is 2.95. The molecule has 1 fully saturated rings. The number of hydrogen-bond acceptors (Lipinski definition) is 3. The van der Waals surface area contributed by atoms with E-state index in [1.165, 1.54) is 0 Å². The van der Waals surface area contributed by atoms with Crippen molar-refractivity contribution in [2.24, 2.45) is 0 Å². The van der Waals surface area contributed by atoms with E-state index in [1.54, 1.807) is 0 Å². The van der Waals surface area contributed by atoms with Crippen molar-refractivity contribution in [1.29, 1.82) is 0 Å². The Kier molecular flexibility index (Phi) is 4.86. The minimum atomic E-state index is -0.0872. The lowest BCUT2D eigenvalue weighted by atomic mass is 10.1. The first-order chi connectivity index (χ1) is 11.5. The molecule has 0 saturated carbocycles. The lowest BCUT2D eigenvalue weighted by molar-refractivity contribution is 0.0757. The van der Waals surface area contributed by atoms with E-state index in [4.69, 9.17) is 4.74 Å². The van der Waals surface area contributed by atoms with Gasteiger partial charge in [-0.05, 0) is 57.2 Å². The second-order valence-electron chi connectivity index (χ2n) is 6.51. The van der Waals surface area contributed by atoms with E-state index >= 15 is 0 Å². The molecule has 2 unspecified atom stereocenters. The predicted molar refractivity (Wildman–Crippen MR) is 97.8 cm³/mol. The van der Waals surface area contributed by atoms with Crippen molar-refractivity contribution in [2.45, 2.75) is 32.9 Å². The standard InChI is InChI=1S/C20H24N2O2/c1-14-4-6-17(7-5-14)20(23)21-18-8-10-19(11-9-18)22-15(2)12-24-13-16(22)3/h4-11,15-16H,12-13H2,1-3H3,(H,21,23). The summed E-state index contributed by atoms with van der Waals surface area (Å²) in [6.45, 7) is 7.84. The van der Waals surface area contributed by atoms with Crippen molar-refractivity contribution in [3.05, 3.63) is 59.7 Å². The fraction of sp³-hybridized carbons (Fsp3) is 0.350. The third-order valence-corrected chi connectivity index (χ3v) is 4.40. The maximum Gasteiger partial charge on any atom is 0.255 e. The van der Waals surface area contributed by atoms with Gasteiger partial charge in [-0.25, -0.2) is 0 Å². The Bertz CT molecular complexity index is 685. The van der Waals surface area contributed by atoms with Crippen molar-refractivity contribution in [3.63, 3.8) is 0 Å². The Morgan fingerprint density at radius 3 is 2.17 bits per heavy atom. The van der Waals surface area contributed by atoms with Gasteiger partial charge in [0, 0.05) is 29.0 Å². The second-order valence-corrected chi connectivity index (χ2v) is 6.51. The molecule has 1 N–H and O–H groups in total. The highest BCUT2D eigenvalue weighted by Crippen LogP contribution is 2.25. The van der Waals surface area contributed by atoms with Gasteiger partial charge in [0.25, 0.3) is 5.91 Å². The molecule has 3 rings (SSSR count). The number of benzene rings is 2. The third-order valence-electron chi connectivity index (χ3n) is 4.40. The highest BCUT2D eigenvalue weighted by molar-refractivity contribution is 6.04. The Morgan fingerprint density at radius 1 is 1.00 bits per heavy atom. The number of rotatable bonds is 3. The Hall–Kier alpha value is -2.33. The number of morpholine rings is 1. The monoisotopic (exact) mass is 324 g/mol. The molecule has 1 aliphatic heterocycles. The Morgan fingerprint density at radius 2 is 1.58 bits per heavy atom. The smallest absolute Gasteiger partial charge is 0.255 e. The maximum absolute atomic E-state index is 12.3. The molecule has 2 aromatic carbocycles. The van der Waals surface area contributed by atoms with Crippen LogP contribution in [0, 0.1) is 6.92 Å². The molecule has 1 amide bonds. The summed E-state index contributed by atoms with van der Waals surface area (Å²) in [5.41, 5.74) is 3.77. The van der Waals surface area contributed by atoms with Gasteiger partial charge in [-0.3, -0.25) is 4.79 Å². The number of ether oxygens (including phenoxy) is 1. The number of amides is 1. The topological polar surface area (TPSA) is 41.6 Å². The van der Waals surface area contributed by atoms with Gasteiger partial charge in [-0.15, -0.1) is 0 Å². The van der Waals surface area contributed by atoms with Gasteiger partial charge >= 0.3 is 0 Å². The number of carbonyl (C=O) groups is 1. The van der Waals surface area contributed by atoms with Crippen LogP contribution in [-0.4, -0.2) is 31.2 Å². The van der Waals surface area contributed by atoms with Crippen LogP contribution in [0.1, 0.15) is 29.8 Å². The molecule has 0 aromatic heterocycles. The van der Waals surface area contributed by atoms with Gasteiger partial charge in [-0.2, -0.15) is 0 Å². The number of nitrogens with zero attached hydrogens (tertiary/aromatic N) is 1. The van der Waals surface area contributed by atoms with Crippen molar-refractivity contribution in [2.75, 3.05) is 23.4 Å². The molecule has 126 valence electrons. The zero-order valence-electron chi connectivity index (χ0n) is 14.5. The normalized spacial score (nSPS) is 20.7. The molecule has 4 heteroatoms. The molecular weight excluding hydrogens is 300 g/mol. The van der Waals surface area contributed by atoms with Gasteiger partial charge in [0.05, 0.1) is 13.2 Å². The quantitative estimate of drug-likeness (QED) is 0.932. The molecule has 1 heterocycles. The number of nitrogens with one attached hydrogen (secondary N) is 1. The molecule has 0 bridgehead atoms. The largest absolute Gasteiger partial charge is 0.377 e. The van der Waals surface area contributed by atoms with Crippen LogP contribution in [0.5, 0.6) is 0 Å². The fourth-order valence-corrected chi connectivity index (χ4v) is 3.14. The molecule has 4 nitrogen and oxygen atoms in total. The summed E-state index contributed by atoms with van der Waals surface area (Å²) in [5.74, 6) is -0.0872. The van der Waals surface area contributed by atoms with Crippen LogP contribution >= 0.6 is 0 Å². The van der Waals surface area contributed by atoms with Crippen molar-refractivity contribution in [3.8, 4) is 0 Å². The molecule has 1 aliphatic rings. The van der Waals surface area contributed by atoms with Crippen LogP contribution in [0.3, 0.4) is 0 Å². The first-order valence-electron chi connectivity index (χ1n) is 8.39. The van der Waals surface area contributed by atoms with Crippen molar-refractivity contribution in [1.82, 2.24) is 0 Å². The average molecular weight is 324 g/mol. The lowest BCUT2D eigenvalue weighted by Gasteiger charge is -2.40. The fourth-order valence-electron chi connectivity index (χ4n) is 3.14. The number of hydrogen-bond donors (Lipinski definition) is 1. The van der Waals surface area contributed by atoms with Gasteiger partial charge in [0.15, 0.2) is 0 Å². The molecule has 2 aromatic rings. The summed E-state index contributed by atoms with van der Waals surface area (Å²) in [6.07, 6.45) is 0. The van der Waals surface area contributed by atoms with Crippen LogP contribution in [-0.2, 0) is 4.74 Å². The van der Waals surface area contributed by atoms with Crippen LogP contribution in [0.2, 0.25) is 0 Å². The molecule has 0 aliphatic carbocycles. The highest BCUT2D eigenvalue weighted by Gasteiger charge is 2.25. The van der Waals surface area contributed by atoms with E-state index in [2.05, 4.69) is 36.2 Å². The summed E-state index contributed by atoms with van der Waals surface area (Å²) in [4.78, 5) is 14.6. The first kappa shape index (κ1) is 16.5. The van der Waals surface area contributed by atoms with E-state index in [0.29, 0.717) is 17.6 Å². The molecular formula is C20H24N2O2. The van der Waals surface area contributed by atoms with Crippen molar-refractivity contribution >= 4 is 17.3 Å².